The van der Waals surface area contributed by atoms with E-state index in [4.69, 9.17) is 4.74 Å². The number of rotatable bonds is 4. The second kappa shape index (κ2) is 6.20. The molecule has 0 aliphatic heterocycles. The van der Waals surface area contributed by atoms with Crippen molar-refractivity contribution < 1.29 is 9.53 Å². The van der Waals surface area contributed by atoms with E-state index in [-0.39, 0.29) is 5.97 Å². The van der Waals surface area contributed by atoms with Gasteiger partial charge in [-0.3, -0.25) is 0 Å². The minimum atomic E-state index is -1.44. The fraction of sp³-hybridized carbons (Fsp3) is 0.438. The fourth-order valence-corrected chi connectivity index (χ4v) is 2.82. The molecule has 3 heteroatoms. The second-order valence-corrected chi connectivity index (χ2v) is 12.3. The van der Waals surface area contributed by atoms with Gasteiger partial charge in [0.1, 0.15) is 0 Å². The van der Waals surface area contributed by atoms with Crippen molar-refractivity contribution in [2.24, 2.45) is 0 Å². The van der Waals surface area contributed by atoms with Crippen LogP contribution >= 0.6 is 0 Å². The van der Waals surface area contributed by atoms with E-state index in [1.165, 1.54) is 12.7 Å². The number of carbonyl (C=O) groups excluding carboxylic acids is 1. The van der Waals surface area contributed by atoms with Gasteiger partial charge in [0, 0.05) is 0 Å². The number of aryl methyl sites for hydroxylation is 2. The molecule has 0 saturated heterocycles. The van der Waals surface area contributed by atoms with Crippen molar-refractivity contribution in [3.8, 4) is 0 Å². The summed E-state index contributed by atoms with van der Waals surface area (Å²) in [5.74, 6) is -0.182. The van der Waals surface area contributed by atoms with E-state index in [0.717, 1.165) is 16.7 Å². The third-order valence-electron chi connectivity index (χ3n) is 3.13. The number of esters is 1. The van der Waals surface area contributed by atoms with Crippen molar-refractivity contribution in [1.82, 2.24) is 0 Å². The van der Waals surface area contributed by atoms with Gasteiger partial charge in [-0.1, -0.05) is 0 Å². The number of hydrogen-bond donors (Lipinski definition) is 0. The van der Waals surface area contributed by atoms with Crippen molar-refractivity contribution in [2.45, 2.75) is 39.9 Å². The topological polar surface area (TPSA) is 26.3 Å². The molecule has 2 nitrogen and oxygen atoms in total. The first-order chi connectivity index (χ1) is 8.73. The summed E-state index contributed by atoms with van der Waals surface area (Å²) in [6.45, 7) is 11.1. The third-order valence-corrected chi connectivity index (χ3v) is 4.48. The maximum atomic E-state index is 11.4. The zero-order chi connectivity index (χ0) is 14.6. The van der Waals surface area contributed by atoms with Crippen molar-refractivity contribution in [3.05, 3.63) is 40.1 Å². The van der Waals surface area contributed by atoms with Gasteiger partial charge >= 0.3 is 117 Å². The maximum absolute atomic E-state index is 11.4. The third kappa shape index (κ3) is 5.03. The van der Waals surface area contributed by atoms with Crippen LogP contribution in [0.25, 0.3) is 6.08 Å². The molecule has 0 spiro atoms. The first-order valence-electron chi connectivity index (χ1n) is 6.87. The SMILES string of the molecule is COC(=O)Cc1c(C)cc(/C=C\[SiH-](C)(C)C)cc1C. The monoisotopic (exact) mass is 277 g/mol. The van der Waals surface area contributed by atoms with Gasteiger partial charge in [0.05, 0.1) is 0 Å². The molecule has 0 heterocycles. The molecule has 106 valence electrons. The van der Waals surface area contributed by atoms with E-state index in [1.54, 1.807) is 0 Å². The molecule has 1 rings (SSSR count). The molecule has 1 aromatic rings. The molecule has 0 unspecified atom stereocenters. The normalized spacial score (nSPS) is 12.7. The Bertz CT molecular complexity index is 473. The molecule has 0 aliphatic rings. The first-order valence-corrected chi connectivity index (χ1v) is 11.0. The average Bonchev–Trinajstić information content (AvgIpc) is 2.30. The standard InChI is InChI=1S/C16H25O2Si/c1-12-9-14(7-8-19(4,5)6)10-13(2)15(12)11-16(17)18-3/h7-10,19H,11H2,1-6H3/q-1/b8-7-. The molecule has 0 radical (unpaired) electrons. The van der Waals surface area contributed by atoms with Crippen LogP contribution in [-0.4, -0.2) is 21.2 Å². The first kappa shape index (κ1) is 15.7. The van der Waals surface area contributed by atoms with Gasteiger partial charge in [-0.2, -0.15) is 0 Å². The van der Waals surface area contributed by atoms with Crippen LogP contribution in [0.3, 0.4) is 0 Å². The molecule has 0 aromatic heterocycles. The van der Waals surface area contributed by atoms with E-state index in [1.807, 2.05) is 0 Å². The molecule has 19 heavy (non-hydrogen) atoms. The molecule has 0 amide bonds. The summed E-state index contributed by atoms with van der Waals surface area (Å²) in [6.07, 6.45) is 2.57. The Morgan fingerprint density at radius 2 is 1.74 bits per heavy atom. The Balaban J connectivity index is 3.03. The predicted octanol–water partition coefficient (Wildman–Crippen LogP) is 3.64. The van der Waals surface area contributed by atoms with E-state index in [2.05, 4.69) is 57.4 Å². The van der Waals surface area contributed by atoms with Crippen LogP contribution in [-0.2, 0) is 16.0 Å². The average molecular weight is 277 g/mol. The van der Waals surface area contributed by atoms with Crippen molar-refractivity contribution in [2.75, 3.05) is 7.11 Å². The van der Waals surface area contributed by atoms with Gasteiger partial charge in [-0.25, -0.2) is 0 Å². The molecular formula is C16H25O2Si-. The fourth-order valence-electron chi connectivity index (χ4n) is 2.02. The molecule has 0 atom stereocenters. The van der Waals surface area contributed by atoms with Gasteiger partial charge in [-0.15, -0.1) is 0 Å². The second-order valence-electron chi connectivity index (χ2n) is 6.48. The van der Waals surface area contributed by atoms with Gasteiger partial charge in [-0.05, 0) is 0 Å². The van der Waals surface area contributed by atoms with Crippen LogP contribution in [0.15, 0.2) is 17.8 Å². The summed E-state index contributed by atoms with van der Waals surface area (Å²) in [4.78, 5) is 11.4. The number of ether oxygens (including phenoxy) is 1. The van der Waals surface area contributed by atoms with Crippen molar-refractivity contribution in [3.63, 3.8) is 0 Å². The zero-order valence-electron chi connectivity index (χ0n) is 12.9. The Morgan fingerprint density at radius 1 is 1.21 bits per heavy atom. The minimum absolute atomic E-state index is 0.182. The van der Waals surface area contributed by atoms with Gasteiger partial charge in [0.15, 0.2) is 0 Å². The van der Waals surface area contributed by atoms with E-state index in [9.17, 15) is 4.79 Å². The van der Waals surface area contributed by atoms with Crippen LogP contribution < -0.4 is 0 Å². The Hall–Kier alpha value is -1.35. The molecule has 0 saturated carbocycles. The summed E-state index contributed by atoms with van der Waals surface area (Å²) in [5.41, 5.74) is 6.98. The molecule has 1 aromatic carbocycles. The van der Waals surface area contributed by atoms with Crippen LogP contribution in [0.1, 0.15) is 22.3 Å². The molecule has 0 aliphatic carbocycles. The molecule has 0 N–H and O–H groups in total. The Morgan fingerprint density at radius 3 is 2.16 bits per heavy atom. The van der Waals surface area contributed by atoms with E-state index in [0.29, 0.717) is 6.42 Å². The number of benzene rings is 1. The van der Waals surface area contributed by atoms with Crippen LogP contribution in [0.2, 0.25) is 19.6 Å². The van der Waals surface area contributed by atoms with Crippen molar-refractivity contribution in [1.29, 1.82) is 0 Å². The zero-order valence-corrected chi connectivity index (χ0v) is 14.1. The van der Waals surface area contributed by atoms with Crippen LogP contribution in [0.4, 0.5) is 0 Å². The summed E-state index contributed by atoms with van der Waals surface area (Å²) in [6, 6.07) is 4.29. The number of carbonyl (C=O) groups is 1. The molecule has 0 fully saturated rings. The van der Waals surface area contributed by atoms with Gasteiger partial charge in [0.2, 0.25) is 0 Å². The number of hydrogen-bond acceptors (Lipinski definition) is 2. The summed E-state index contributed by atoms with van der Waals surface area (Å²) in [7, 11) is -0.0151. The van der Waals surface area contributed by atoms with E-state index < -0.39 is 8.07 Å². The van der Waals surface area contributed by atoms with Crippen molar-refractivity contribution >= 4 is 20.1 Å². The van der Waals surface area contributed by atoms with Crippen LogP contribution in [0, 0.1) is 13.8 Å². The summed E-state index contributed by atoms with van der Waals surface area (Å²) >= 11 is 0. The predicted molar refractivity (Wildman–Crippen MR) is 85.4 cm³/mol. The quantitative estimate of drug-likeness (QED) is 0.620. The Labute approximate surface area is 117 Å². The molecule has 0 bridgehead atoms. The van der Waals surface area contributed by atoms with Gasteiger partial charge < -0.3 is 0 Å². The summed E-state index contributed by atoms with van der Waals surface area (Å²) in [5, 5.41) is 0. The van der Waals surface area contributed by atoms with E-state index >= 15 is 0 Å². The number of methoxy groups -OCH3 is 1. The Kier molecular flexibility index (Phi) is 5.12. The van der Waals surface area contributed by atoms with Gasteiger partial charge in [0.25, 0.3) is 0 Å². The van der Waals surface area contributed by atoms with Crippen LogP contribution in [0.5, 0.6) is 0 Å². The summed E-state index contributed by atoms with van der Waals surface area (Å²) < 4.78 is 4.74. The molecular weight excluding hydrogens is 252 g/mol.